The van der Waals surface area contributed by atoms with Crippen molar-refractivity contribution >= 4 is 11.8 Å². The van der Waals surface area contributed by atoms with Crippen molar-refractivity contribution in [2.24, 2.45) is 0 Å². The van der Waals surface area contributed by atoms with Gasteiger partial charge < -0.3 is 9.64 Å². The lowest BCUT2D eigenvalue weighted by atomic mass is 10.3. The highest BCUT2D eigenvalue weighted by molar-refractivity contribution is 5.88. The van der Waals surface area contributed by atoms with E-state index in [1.54, 1.807) is 17.2 Å². The highest BCUT2D eigenvalue weighted by atomic mass is 16.5. The second-order valence-electron chi connectivity index (χ2n) is 4.01. The van der Waals surface area contributed by atoms with Crippen molar-refractivity contribution in [1.82, 2.24) is 14.9 Å². The van der Waals surface area contributed by atoms with Gasteiger partial charge in [-0.05, 0) is 19.4 Å². The van der Waals surface area contributed by atoms with E-state index < -0.39 is 0 Å². The average Bonchev–Trinajstić information content (AvgIpc) is 2.55. The molecule has 1 aromatic rings. The van der Waals surface area contributed by atoms with Gasteiger partial charge in [0.2, 0.25) is 0 Å². The first-order valence-electron chi connectivity index (χ1n) is 5.69. The van der Waals surface area contributed by atoms with Crippen LogP contribution in [0, 0.1) is 0 Å². The molecule has 0 saturated carbocycles. The molecule has 17 heavy (non-hydrogen) atoms. The molecule has 1 atom stereocenters. The van der Waals surface area contributed by atoms with Gasteiger partial charge in [-0.1, -0.05) is 0 Å². The molecule has 0 spiro atoms. The topological polar surface area (TPSA) is 67.4 Å². The van der Waals surface area contributed by atoms with Crippen LogP contribution in [0.2, 0.25) is 0 Å². The Hall–Kier alpha value is -1.69. The van der Waals surface area contributed by atoms with Gasteiger partial charge in [-0.3, -0.25) is 5.32 Å². The van der Waals surface area contributed by atoms with E-state index in [1.165, 1.54) is 6.33 Å². The van der Waals surface area contributed by atoms with Gasteiger partial charge in [0.05, 0.1) is 6.10 Å². The molecular weight excluding hydrogens is 220 g/mol. The van der Waals surface area contributed by atoms with Crippen LogP contribution in [0.15, 0.2) is 18.6 Å². The van der Waals surface area contributed by atoms with Gasteiger partial charge in [-0.15, -0.1) is 0 Å². The fourth-order valence-electron chi connectivity index (χ4n) is 1.73. The van der Waals surface area contributed by atoms with E-state index in [1.807, 2.05) is 6.92 Å². The molecule has 1 aliphatic heterocycles. The van der Waals surface area contributed by atoms with Crippen molar-refractivity contribution in [3.05, 3.63) is 18.6 Å². The van der Waals surface area contributed by atoms with Crippen LogP contribution in [0.5, 0.6) is 0 Å². The van der Waals surface area contributed by atoms with Gasteiger partial charge >= 0.3 is 6.03 Å². The number of carbonyl (C=O) groups is 1. The van der Waals surface area contributed by atoms with Crippen molar-refractivity contribution in [2.75, 3.05) is 25.0 Å². The lowest BCUT2D eigenvalue weighted by molar-refractivity contribution is 0.0718. The zero-order valence-corrected chi connectivity index (χ0v) is 9.80. The number of aromatic nitrogens is 2. The Bertz CT molecular complexity index is 371. The molecule has 6 heteroatoms. The highest BCUT2D eigenvalue weighted by Crippen LogP contribution is 2.08. The molecule has 6 nitrogen and oxygen atoms in total. The highest BCUT2D eigenvalue weighted by Gasteiger charge is 2.19. The van der Waals surface area contributed by atoms with Crippen molar-refractivity contribution in [3.63, 3.8) is 0 Å². The number of ether oxygens (including phenoxy) is 1. The third-order valence-corrected chi connectivity index (χ3v) is 2.56. The van der Waals surface area contributed by atoms with Crippen LogP contribution in [0.25, 0.3) is 0 Å². The van der Waals surface area contributed by atoms with E-state index in [-0.39, 0.29) is 12.1 Å². The summed E-state index contributed by atoms with van der Waals surface area (Å²) >= 11 is 0. The normalized spacial score (nSPS) is 20.8. The van der Waals surface area contributed by atoms with Crippen molar-refractivity contribution in [1.29, 1.82) is 0 Å². The Kier molecular flexibility index (Phi) is 3.87. The zero-order chi connectivity index (χ0) is 12.1. The summed E-state index contributed by atoms with van der Waals surface area (Å²) < 4.78 is 5.49. The first kappa shape index (κ1) is 11.8. The van der Waals surface area contributed by atoms with E-state index in [0.29, 0.717) is 25.5 Å². The van der Waals surface area contributed by atoms with Crippen molar-refractivity contribution in [3.8, 4) is 0 Å². The molecule has 0 radical (unpaired) electrons. The molecule has 0 bridgehead atoms. The predicted molar refractivity (Wildman–Crippen MR) is 62.7 cm³/mol. The largest absolute Gasteiger partial charge is 0.377 e. The summed E-state index contributed by atoms with van der Waals surface area (Å²) in [7, 11) is 0. The number of hydrogen-bond acceptors (Lipinski definition) is 4. The summed E-state index contributed by atoms with van der Waals surface area (Å²) in [6.45, 7) is 3.99. The SMILES string of the molecule is C[C@@H]1CN(C(=O)Nc2ccncn2)CCCO1. The number of amides is 2. The van der Waals surface area contributed by atoms with Crippen LogP contribution < -0.4 is 5.32 Å². The lowest BCUT2D eigenvalue weighted by Crippen LogP contribution is -2.39. The molecule has 2 heterocycles. The van der Waals surface area contributed by atoms with Gasteiger partial charge in [-0.2, -0.15) is 0 Å². The summed E-state index contributed by atoms with van der Waals surface area (Å²) in [5.74, 6) is 0.516. The van der Waals surface area contributed by atoms with Crippen LogP contribution >= 0.6 is 0 Å². The Morgan fingerprint density at radius 2 is 2.53 bits per heavy atom. The number of urea groups is 1. The van der Waals surface area contributed by atoms with Gasteiger partial charge in [-0.25, -0.2) is 14.8 Å². The smallest absolute Gasteiger partial charge is 0.323 e. The van der Waals surface area contributed by atoms with E-state index in [4.69, 9.17) is 4.74 Å². The third-order valence-electron chi connectivity index (χ3n) is 2.56. The number of nitrogens with one attached hydrogen (secondary N) is 1. The predicted octanol–water partition coefficient (Wildman–Crippen LogP) is 1.12. The molecule has 1 aromatic heterocycles. The Labute approximate surface area is 100 Å². The maximum Gasteiger partial charge on any atom is 0.323 e. The quantitative estimate of drug-likeness (QED) is 0.793. The minimum absolute atomic E-state index is 0.0775. The average molecular weight is 236 g/mol. The maximum atomic E-state index is 12.0. The van der Waals surface area contributed by atoms with Crippen LogP contribution in [-0.4, -0.2) is 46.7 Å². The molecule has 2 rings (SSSR count). The summed E-state index contributed by atoms with van der Waals surface area (Å²) in [6, 6.07) is 1.52. The minimum atomic E-state index is -0.138. The van der Waals surface area contributed by atoms with Crippen LogP contribution in [0.1, 0.15) is 13.3 Å². The molecule has 1 N–H and O–H groups in total. The third kappa shape index (κ3) is 3.39. The lowest BCUT2D eigenvalue weighted by Gasteiger charge is -2.22. The molecule has 1 saturated heterocycles. The monoisotopic (exact) mass is 236 g/mol. The molecule has 92 valence electrons. The fraction of sp³-hybridized carbons (Fsp3) is 0.545. The Balaban J connectivity index is 1.95. The van der Waals surface area contributed by atoms with Crippen molar-refractivity contribution < 1.29 is 9.53 Å². The van der Waals surface area contributed by atoms with E-state index in [0.717, 1.165) is 6.42 Å². The molecule has 1 aliphatic rings. The molecule has 0 unspecified atom stereocenters. The number of rotatable bonds is 1. The minimum Gasteiger partial charge on any atom is -0.377 e. The Morgan fingerprint density at radius 1 is 1.65 bits per heavy atom. The number of anilines is 1. The first-order chi connectivity index (χ1) is 8.25. The van der Waals surface area contributed by atoms with E-state index in [9.17, 15) is 4.79 Å². The van der Waals surface area contributed by atoms with Gasteiger partial charge in [0.1, 0.15) is 12.1 Å². The zero-order valence-electron chi connectivity index (χ0n) is 9.80. The number of nitrogens with zero attached hydrogens (tertiary/aromatic N) is 3. The summed E-state index contributed by atoms with van der Waals surface area (Å²) in [5.41, 5.74) is 0. The number of carbonyl (C=O) groups excluding carboxylic acids is 1. The molecular formula is C11H16N4O2. The maximum absolute atomic E-state index is 12.0. The summed E-state index contributed by atoms with van der Waals surface area (Å²) in [5, 5.41) is 2.74. The summed E-state index contributed by atoms with van der Waals surface area (Å²) in [6.07, 6.45) is 3.94. The molecule has 0 aliphatic carbocycles. The standard InChI is InChI=1S/C11H16N4O2/c1-9-7-15(5-2-6-17-9)11(16)14-10-3-4-12-8-13-10/h3-4,8-9H,2,5-7H2,1H3,(H,12,13,14,16)/t9-/m1/s1. The summed E-state index contributed by atoms with van der Waals surface area (Å²) in [4.78, 5) is 21.5. The van der Waals surface area contributed by atoms with Crippen molar-refractivity contribution in [2.45, 2.75) is 19.4 Å². The van der Waals surface area contributed by atoms with Crippen LogP contribution in [0.3, 0.4) is 0 Å². The van der Waals surface area contributed by atoms with E-state index >= 15 is 0 Å². The Morgan fingerprint density at radius 3 is 3.29 bits per heavy atom. The first-order valence-corrected chi connectivity index (χ1v) is 5.69. The fourth-order valence-corrected chi connectivity index (χ4v) is 1.73. The number of hydrogen-bond donors (Lipinski definition) is 1. The van der Waals surface area contributed by atoms with Gasteiger partial charge in [0, 0.05) is 25.9 Å². The van der Waals surface area contributed by atoms with Gasteiger partial charge in [0.25, 0.3) is 0 Å². The second kappa shape index (κ2) is 5.58. The van der Waals surface area contributed by atoms with Crippen LogP contribution in [0.4, 0.5) is 10.6 Å². The van der Waals surface area contributed by atoms with E-state index in [2.05, 4.69) is 15.3 Å². The van der Waals surface area contributed by atoms with Crippen LogP contribution in [-0.2, 0) is 4.74 Å². The second-order valence-corrected chi connectivity index (χ2v) is 4.01. The molecule has 1 fully saturated rings. The van der Waals surface area contributed by atoms with Gasteiger partial charge in [0.15, 0.2) is 0 Å². The molecule has 2 amide bonds. The molecule has 0 aromatic carbocycles.